The van der Waals surface area contributed by atoms with E-state index in [2.05, 4.69) is 0 Å². The highest BCUT2D eigenvalue weighted by Crippen LogP contribution is 2.39. The van der Waals surface area contributed by atoms with Gasteiger partial charge < -0.3 is 9.52 Å². The quantitative estimate of drug-likeness (QED) is 0.467. The molecule has 0 spiro atoms. The summed E-state index contributed by atoms with van der Waals surface area (Å²) in [5, 5.41) is 17.4. The number of carboxylic acids is 1. The predicted octanol–water partition coefficient (Wildman–Crippen LogP) is 4.98. The molecular weight excluding hydrogens is 368 g/mol. The number of hydrogen-bond donors (Lipinski definition) is 1. The number of rotatable bonds is 3. The lowest BCUT2D eigenvalue weighted by atomic mass is 10.0. The molecule has 2 aromatic rings. The van der Waals surface area contributed by atoms with Crippen LogP contribution in [0, 0.1) is 11.3 Å². The lowest BCUT2D eigenvalue weighted by molar-refractivity contribution is -0.143. The van der Waals surface area contributed by atoms with E-state index in [1.807, 2.05) is 0 Å². The molecule has 0 radical (unpaired) electrons. The Hall–Kier alpha value is -3.22. The van der Waals surface area contributed by atoms with Crippen LogP contribution in [0.25, 0.3) is 17.4 Å². The number of halogens is 6. The third-order valence-electron chi connectivity index (χ3n) is 3.14. The summed E-state index contributed by atoms with van der Waals surface area (Å²) < 4.78 is 82.2. The van der Waals surface area contributed by atoms with Gasteiger partial charge in [-0.2, -0.15) is 31.6 Å². The molecular formula is C16H7F6NO3. The Morgan fingerprint density at radius 2 is 1.58 bits per heavy atom. The Balaban J connectivity index is 2.56. The van der Waals surface area contributed by atoms with Crippen LogP contribution in [-0.2, 0) is 17.1 Å². The topological polar surface area (TPSA) is 74.2 Å². The first-order valence-corrected chi connectivity index (χ1v) is 6.66. The lowest BCUT2D eigenvalue weighted by Crippen LogP contribution is -2.11. The number of nitriles is 1. The van der Waals surface area contributed by atoms with Crippen LogP contribution >= 0.6 is 0 Å². The second-order valence-electron chi connectivity index (χ2n) is 4.97. The zero-order valence-electron chi connectivity index (χ0n) is 12.4. The first kappa shape index (κ1) is 19.1. The van der Waals surface area contributed by atoms with Crippen molar-refractivity contribution in [1.82, 2.24) is 0 Å². The summed E-state index contributed by atoms with van der Waals surface area (Å²) in [5.41, 5.74) is -4.25. The molecule has 0 atom stereocenters. The highest BCUT2D eigenvalue weighted by Gasteiger charge is 2.37. The van der Waals surface area contributed by atoms with E-state index >= 15 is 0 Å². The summed E-state index contributed by atoms with van der Waals surface area (Å²) in [4.78, 5) is 10.7. The summed E-state index contributed by atoms with van der Waals surface area (Å²) in [7, 11) is 0. The Morgan fingerprint density at radius 3 is 2.00 bits per heavy atom. The van der Waals surface area contributed by atoms with Crippen molar-refractivity contribution in [2.45, 2.75) is 12.4 Å². The third-order valence-corrected chi connectivity index (χ3v) is 3.14. The summed E-state index contributed by atoms with van der Waals surface area (Å²) in [6.45, 7) is 0. The summed E-state index contributed by atoms with van der Waals surface area (Å²) in [6.07, 6.45) is -9.23. The third kappa shape index (κ3) is 4.24. The first-order valence-electron chi connectivity index (χ1n) is 6.66. The molecule has 10 heteroatoms. The van der Waals surface area contributed by atoms with Crippen molar-refractivity contribution >= 4 is 12.0 Å². The minimum atomic E-state index is -5.01. The van der Waals surface area contributed by atoms with Gasteiger partial charge in [0.1, 0.15) is 23.2 Å². The van der Waals surface area contributed by atoms with Gasteiger partial charge in [0, 0.05) is 11.6 Å². The Bertz CT molecular complexity index is 883. The van der Waals surface area contributed by atoms with Crippen LogP contribution in [0.15, 0.2) is 40.3 Å². The van der Waals surface area contributed by atoms with Gasteiger partial charge in [0.2, 0.25) is 0 Å². The van der Waals surface area contributed by atoms with Gasteiger partial charge in [0.05, 0.1) is 11.1 Å². The molecule has 2 rings (SSSR count). The molecule has 0 saturated heterocycles. The van der Waals surface area contributed by atoms with Crippen molar-refractivity contribution in [2.75, 3.05) is 0 Å². The molecule has 0 unspecified atom stereocenters. The SMILES string of the molecule is N#C/C(=C\c1ccc(-c2cc(C(F)(F)F)cc(C(F)(F)F)c2)o1)C(=O)O. The van der Waals surface area contributed by atoms with Gasteiger partial charge in [-0.1, -0.05) is 0 Å². The van der Waals surface area contributed by atoms with E-state index in [1.165, 1.54) is 6.07 Å². The first-order chi connectivity index (χ1) is 11.9. The second-order valence-corrected chi connectivity index (χ2v) is 4.97. The predicted molar refractivity (Wildman–Crippen MR) is 75.4 cm³/mol. The number of benzene rings is 1. The molecule has 0 fully saturated rings. The maximum absolute atomic E-state index is 12.9. The highest BCUT2D eigenvalue weighted by molar-refractivity contribution is 5.96. The average Bonchev–Trinajstić information content (AvgIpc) is 2.98. The maximum atomic E-state index is 12.9. The smallest absolute Gasteiger partial charge is 0.416 e. The van der Waals surface area contributed by atoms with Gasteiger partial charge in [-0.25, -0.2) is 4.79 Å². The van der Waals surface area contributed by atoms with E-state index in [9.17, 15) is 31.1 Å². The van der Waals surface area contributed by atoms with Crippen LogP contribution in [0.1, 0.15) is 16.9 Å². The monoisotopic (exact) mass is 375 g/mol. The maximum Gasteiger partial charge on any atom is 0.416 e. The zero-order valence-corrected chi connectivity index (χ0v) is 12.4. The zero-order chi connectivity index (χ0) is 19.7. The van der Waals surface area contributed by atoms with E-state index in [0.29, 0.717) is 12.1 Å². The molecule has 136 valence electrons. The van der Waals surface area contributed by atoms with Gasteiger partial charge in [-0.3, -0.25) is 0 Å². The van der Waals surface area contributed by atoms with Gasteiger partial charge in [0.15, 0.2) is 0 Å². The standard InChI is InChI=1S/C16H7F6NO3/c17-15(18,19)10-3-8(4-11(6-10)16(20,21)22)13-2-1-12(26-13)5-9(7-23)14(24)25/h1-6H,(H,24,25)/b9-5+. The fraction of sp³-hybridized carbons (Fsp3) is 0.125. The summed E-state index contributed by atoms with van der Waals surface area (Å²) in [5.74, 6) is -2.13. The molecule has 1 aromatic carbocycles. The van der Waals surface area contributed by atoms with Crippen molar-refractivity contribution in [3.05, 3.63) is 52.8 Å². The number of carbonyl (C=O) groups is 1. The molecule has 0 aliphatic rings. The average molecular weight is 375 g/mol. The molecule has 26 heavy (non-hydrogen) atoms. The van der Waals surface area contributed by atoms with Crippen molar-refractivity contribution in [1.29, 1.82) is 5.26 Å². The van der Waals surface area contributed by atoms with Gasteiger partial charge in [-0.05, 0) is 30.3 Å². The fourth-order valence-corrected chi connectivity index (χ4v) is 1.97. The molecule has 0 amide bonds. The molecule has 1 aromatic heterocycles. The largest absolute Gasteiger partial charge is 0.477 e. The molecule has 1 heterocycles. The van der Waals surface area contributed by atoms with E-state index in [0.717, 1.165) is 18.2 Å². The molecule has 0 aliphatic carbocycles. The van der Waals surface area contributed by atoms with Gasteiger partial charge in [0.25, 0.3) is 0 Å². The van der Waals surface area contributed by atoms with Gasteiger partial charge >= 0.3 is 18.3 Å². The number of alkyl halides is 6. The summed E-state index contributed by atoms with van der Waals surface area (Å²) >= 11 is 0. The van der Waals surface area contributed by atoms with Crippen LogP contribution < -0.4 is 0 Å². The number of nitrogens with zero attached hydrogens (tertiary/aromatic N) is 1. The number of furan rings is 1. The van der Waals surface area contributed by atoms with Crippen molar-refractivity contribution in [2.24, 2.45) is 0 Å². The summed E-state index contributed by atoms with van der Waals surface area (Å²) in [6, 6.07) is 4.47. The van der Waals surface area contributed by atoms with Crippen LogP contribution in [0.4, 0.5) is 26.3 Å². The molecule has 0 bridgehead atoms. The van der Waals surface area contributed by atoms with E-state index in [-0.39, 0.29) is 17.6 Å². The van der Waals surface area contributed by atoms with Crippen molar-refractivity contribution in [3.8, 4) is 17.4 Å². The van der Waals surface area contributed by atoms with E-state index in [4.69, 9.17) is 14.8 Å². The molecule has 4 nitrogen and oxygen atoms in total. The molecule has 0 aliphatic heterocycles. The minimum Gasteiger partial charge on any atom is -0.477 e. The number of aliphatic carboxylic acids is 1. The number of hydrogen-bond acceptors (Lipinski definition) is 3. The van der Waals surface area contributed by atoms with Crippen molar-refractivity contribution in [3.63, 3.8) is 0 Å². The minimum absolute atomic E-state index is 0.0224. The molecule has 0 saturated carbocycles. The van der Waals surface area contributed by atoms with Crippen LogP contribution in [0.2, 0.25) is 0 Å². The Kier molecular flexibility index (Phi) is 4.84. The second kappa shape index (κ2) is 6.59. The van der Waals surface area contributed by atoms with E-state index in [1.54, 1.807) is 0 Å². The number of carboxylic acid groups (broad SMARTS) is 1. The van der Waals surface area contributed by atoms with Gasteiger partial charge in [-0.15, -0.1) is 0 Å². The highest BCUT2D eigenvalue weighted by atomic mass is 19.4. The van der Waals surface area contributed by atoms with Crippen LogP contribution in [0.5, 0.6) is 0 Å². The van der Waals surface area contributed by atoms with Crippen molar-refractivity contribution < 1.29 is 40.7 Å². The van der Waals surface area contributed by atoms with E-state index < -0.39 is 40.6 Å². The van der Waals surface area contributed by atoms with Crippen LogP contribution in [0.3, 0.4) is 0 Å². The lowest BCUT2D eigenvalue weighted by Gasteiger charge is -2.13. The molecule has 1 N–H and O–H groups in total. The Morgan fingerprint density at radius 1 is 1.04 bits per heavy atom. The fourth-order valence-electron chi connectivity index (χ4n) is 1.97. The van der Waals surface area contributed by atoms with Crippen LogP contribution in [-0.4, -0.2) is 11.1 Å². The normalized spacial score (nSPS) is 12.7. The Labute approximate surface area is 141 Å².